The molecule has 2 aliphatic rings. The summed E-state index contributed by atoms with van der Waals surface area (Å²) in [7, 11) is 0. The number of likely N-dealkylation sites (tertiary alicyclic amines) is 1. The minimum Gasteiger partial charge on any atom is -0.347 e. The molecule has 1 saturated heterocycles. The summed E-state index contributed by atoms with van der Waals surface area (Å²) < 4.78 is 0. The number of hydrogen-bond acceptors (Lipinski definition) is 3. The van der Waals surface area contributed by atoms with Gasteiger partial charge in [0, 0.05) is 25.7 Å². The molecule has 0 spiro atoms. The highest BCUT2D eigenvalue weighted by molar-refractivity contribution is 6.35. The summed E-state index contributed by atoms with van der Waals surface area (Å²) in [4.78, 5) is 25.4. The van der Waals surface area contributed by atoms with Gasteiger partial charge in [-0.2, -0.15) is 0 Å². The largest absolute Gasteiger partial charge is 0.347 e. The van der Waals surface area contributed by atoms with E-state index in [1.807, 2.05) is 0 Å². The van der Waals surface area contributed by atoms with Crippen molar-refractivity contribution in [3.05, 3.63) is 0 Å². The van der Waals surface area contributed by atoms with E-state index in [4.69, 9.17) is 5.73 Å². The Kier molecular flexibility index (Phi) is 3.99. The molecule has 2 atom stereocenters. The summed E-state index contributed by atoms with van der Waals surface area (Å²) in [5.74, 6) is -0.243. The minimum absolute atomic E-state index is 0.305. The highest BCUT2D eigenvalue weighted by atomic mass is 16.2. The third-order valence-electron chi connectivity index (χ3n) is 3.88. The summed E-state index contributed by atoms with van der Waals surface area (Å²) in [6, 6.07) is 0.305. The topological polar surface area (TPSA) is 75.4 Å². The van der Waals surface area contributed by atoms with Gasteiger partial charge in [-0.15, -0.1) is 0 Å². The quantitative estimate of drug-likeness (QED) is 0.658. The third kappa shape index (κ3) is 2.60. The monoisotopic (exact) mass is 239 g/mol. The molecular weight excluding hydrogens is 218 g/mol. The first-order valence-electron chi connectivity index (χ1n) is 6.53. The van der Waals surface area contributed by atoms with Crippen molar-refractivity contribution in [2.45, 2.75) is 38.1 Å². The molecule has 2 amide bonds. The standard InChI is InChI=1S/C12H21N3O2/c13-6-7-14-11(16)12(17)15-8-2-4-9-3-1-5-10(9)15/h9-10H,1-8,13H2,(H,14,16). The molecule has 1 heterocycles. The second-order valence-electron chi connectivity index (χ2n) is 4.94. The van der Waals surface area contributed by atoms with Gasteiger partial charge in [-0.25, -0.2) is 0 Å². The van der Waals surface area contributed by atoms with Crippen LogP contribution in [0.25, 0.3) is 0 Å². The second-order valence-corrected chi connectivity index (χ2v) is 4.94. The van der Waals surface area contributed by atoms with Crippen LogP contribution in [0.3, 0.4) is 0 Å². The average molecular weight is 239 g/mol. The maximum Gasteiger partial charge on any atom is 0.312 e. The van der Waals surface area contributed by atoms with E-state index in [-0.39, 0.29) is 5.91 Å². The maximum atomic E-state index is 12.0. The Hall–Kier alpha value is -1.10. The molecule has 5 nitrogen and oxygen atoms in total. The molecule has 1 aliphatic carbocycles. The number of hydrogen-bond donors (Lipinski definition) is 2. The summed E-state index contributed by atoms with van der Waals surface area (Å²) in [6.45, 7) is 1.47. The normalized spacial score (nSPS) is 27.7. The Labute approximate surface area is 102 Å². The number of fused-ring (bicyclic) bond motifs is 1. The number of nitrogens with one attached hydrogen (secondary N) is 1. The van der Waals surface area contributed by atoms with Crippen LogP contribution in [0.1, 0.15) is 32.1 Å². The van der Waals surface area contributed by atoms with Crippen molar-refractivity contribution in [2.75, 3.05) is 19.6 Å². The van der Waals surface area contributed by atoms with E-state index in [1.165, 1.54) is 19.3 Å². The number of amides is 2. The fourth-order valence-corrected chi connectivity index (χ4v) is 3.10. The van der Waals surface area contributed by atoms with Gasteiger partial charge in [0.2, 0.25) is 0 Å². The van der Waals surface area contributed by atoms with Gasteiger partial charge >= 0.3 is 11.8 Å². The Morgan fingerprint density at radius 1 is 1.24 bits per heavy atom. The second kappa shape index (κ2) is 5.49. The van der Waals surface area contributed by atoms with Gasteiger partial charge in [0.15, 0.2) is 0 Å². The zero-order valence-corrected chi connectivity index (χ0v) is 10.2. The molecule has 2 fully saturated rings. The number of carbonyl (C=O) groups is 2. The Morgan fingerprint density at radius 3 is 2.76 bits per heavy atom. The van der Waals surface area contributed by atoms with Crippen LogP contribution in [-0.2, 0) is 9.59 Å². The molecule has 17 heavy (non-hydrogen) atoms. The van der Waals surface area contributed by atoms with Crippen molar-refractivity contribution in [1.29, 1.82) is 0 Å². The van der Waals surface area contributed by atoms with E-state index in [1.54, 1.807) is 4.90 Å². The number of rotatable bonds is 2. The van der Waals surface area contributed by atoms with Crippen LogP contribution in [0.15, 0.2) is 0 Å². The first kappa shape index (κ1) is 12.4. The molecule has 0 aromatic heterocycles. The Morgan fingerprint density at radius 2 is 2.00 bits per heavy atom. The van der Waals surface area contributed by atoms with Crippen LogP contribution in [0.5, 0.6) is 0 Å². The molecule has 2 unspecified atom stereocenters. The summed E-state index contributed by atoms with van der Waals surface area (Å²) >= 11 is 0. The van der Waals surface area contributed by atoms with Crippen molar-refractivity contribution in [2.24, 2.45) is 11.7 Å². The minimum atomic E-state index is -0.497. The highest BCUT2D eigenvalue weighted by Gasteiger charge is 2.38. The lowest BCUT2D eigenvalue weighted by Gasteiger charge is -2.37. The van der Waals surface area contributed by atoms with E-state index in [0.717, 1.165) is 19.4 Å². The van der Waals surface area contributed by atoms with E-state index >= 15 is 0 Å². The van der Waals surface area contributed by atoms with E-state index < -0.39 is 5.91 Å². The van der Waals surface area contributed by atoms with Gasteiger partial charge < -0.3 is 16.0 Å². The van der Waals surface area contributed by atoms with Crippen molar-refractivity contribution >= 4 is 11.8 Å². The fourth-order valence-electron chi connectivity index (χ4n) is 3.10. The maximum absolute atomic E-state index is 12.0. The molecule has 1 aliphatic heterocycles. The predicted molar refractivity (Wildman–Crippen MR) is 64.1 cm³/mol. The van der Waals surface area contributed by atoms with Gasteiger partial charge in [0.05, 0.1) is 0 Å². The molecule has 2 rings (SSSR count). The Balaban J connectivity index is 1.95. The molecule has 0 aromatic carbocycles. The zero-order chi connectivity index (χ0) is 12.3. The highest BCUT2D eigenvalue weighted by Crippen LogP contribution is 2.36. The van der Waals surface area contributed by atoms with Gasteiger partial charge in [0.25, 0.3) is 0 Å². The molecule has 1 saturated carbocycles. The van der Waals surface area contributed by atoms with Crippen LogP contribution < -0.4 is 11.1 Å². The lowest BCUT2D eigenvalue weighted by Crippen LogP contribution is -2.52. The summed E-state index contributed by atoms with van der Waals surface area (Å²) in [6.07, 6.45) is 5.68. The SMILES string of the molecule is NCCNC(=O)C(=O)N1CCCC2CCCC21. The van der Waals surface area contributed by atoms with Crippen molar-refractivity contribution in [3.63, 3.8) is 0 Å². The average Bonchev–Trinajstić information content (AvgIpc) is 2.82. The van der Waals surface area contributed by atoms with E-state index in [9.17, 15) is 9.59 Å². The first-order valence-corrected chi connectivity index (χ1v) is 6.53. The molecule has 3 N–H and O–H groups in total. The molecule has 5 heteroatoms. The van der Waals surface area contributed by atoms with Crippen molar-refractivity contribution < 1.29 is 9.59 Å². The van der Waals surface area contributed by atoms with Crippen LogP contribution in [-0.4, -0.2) is 42.4 Å². The summed E-state index contributed by atoms with van der Waals surface area (Å²) in [5.41, 5.74) is 5.30. The van der Waals surface area contributed by atoms with Crippen LogP contribution in [0, 0.1) is 5.92 Å². The van der Waals surface area contributed by atoms with Gasteiger partial charge in [-0.05, 0) is 31.6 Å². The molecular formula is C12H21N3O2. The van der Waals surface area contributed by atoms with E-state index in [2.05, 4.69) is 5.32 Å². The van der Waals surface area contributed by atoms with Crippen LogP contribution in [0.2, 0.25) is 0 Å². The molecule has 0 bridgehead atoms. The van der Waals surface area contributed by atoms with Crippen molar-refractivity contribution in [3.8, 4) is 0 Å². The van der Waals surface area contributed by atoms with Crippen LogP contribution in [0.4, 0.5) is 0 Å². The van der Waals surface area contributed by atoms with Gasteiger partial charge in [-0.1, -0.05) is 6.42 Å². The summed E-state index contributed by atoms with van der Waals surface area (Å²) in [5, 5.41) is 2.55. The number of nitrogens with zero attached hydrogens (tertiary/aromatic N) is 1. The Bertz CT molecular complexity index is 306. The smallest absolute Gasteiger partial charge is 0.312 e. The molecule has 96 valence electrons. The third-order valence-corrected chi connectivity index (χ3v) is 3.88. The number of carbonyl (C=O) groups excluding carboxylic acids is 2. The lowest BCUT2D eigenvalue weighted by atomic mass is 9.92. The van der Waals surface area contributed by atoms with Gasteiger partial charge in [0.1, 0.15) is 0 Å². The number of piperidine rings is 1. The predicted octanol–water partition coefficient (Wildman–Crippen LogP) is -0.148. The van der Waals surface area contributed by atoms with Gasteiger partial charge in [-0.3, -0.25) is 9.59 Å². The molecule has 0 aromatic rings. The zero-order valence-electron chi connectivity index (χ0n) is 10.2. The van der Waals surface area contributed by atoms with E-state index in [0.29, 0.717) is 25.0 Å². The van der Waals surface area contributed by atoms with Crippen molar-refractivity contribution in [1.82, 2.24) is 10.2 Å². The first-order chi connectivity index (χ1) is 8.24. The number of nitrogens with two attached hydrogens (primary N) is 1. The molecule has 0 radical (unpaired) electrons. The van der Waals surface area contributed by atoms with Crippen LogP contribution >= 0.6 is 0 Å². The fraction of sp³-hybridized carbons (Fsp3) is 0.833. The lowest BCUT2D eigenvalue weighted by molar-refractivity contribution is -0.148.